The number of aliphatic carboxylic acids is 1. The number of nitrogens with zero attached hydrogens (tertiary/aromatic N) is 1. The molecule has 0 spiro atoms. The van der Waals surface area contributed by atoms with E-state index in [0.29, 0.717) is 12.5 Å². The van der Waals surface area contributed by atoms with Crippen LogP contribution in [-0.4, -0.2) is 28.6 Å². The van der Waals surface area contributed by atoms with Gasteiger partial charge in [-0.25, -0.2) is 0 Å². The third-order valence-electron chi connectivity index (χ3n) is 3.89. The van der Waals surface area contributed by atoms with Crippen molar-refractivity contribution in [2.45, 2.75) is 60.0 Å². The van der Waals surface area contributed by atoms with E-state index in [1.165, 1.54) is 22.3 Å². The van der Waals surface area contributed by atoms with Crippen LogP contribution in [0.3, 0.4) is 0 Å². The van der Waals surface area contributed by atoms with Crippen LogP contribution in [0.25, 0.3) is 0 Å². The van der Waals surface area contributed by atoms with Crippen LogP contribution in [0.4, 0.5) is 0 Å². The third-order valence-corrected chi connectivity index (χ3v) is 3.89. The van der Waals surface area contributed by atoms with Gasteiger partial charge in [-0.05, 0) is 69.8 Å². The minimum Gasteiger partial charge on any atom is -0.481 e. The first kappa shape index (κ1) is 16.7. The lowest BCUT2D eigenvalue weighted by atomic mass is 10.00. The van der Waals surface area contributed by atoms with Crippen molar-refractivity contribution in [3.8, 4) is 0 Å². The monoisotopic (exact) mass is 277 g/mol. The summed E-state index contributed by atoms with van der Waals surface area (Å²) in [5.74, 6) is -0.712. The highest BCUT2D eigenvalue weighted by Gasteiger charge is 2.12. The third kappa shape index (κ3) is 4.97. The maximum atomic E-state index is 10.6. The average Bonchev–Trinajstić information content (AvgIpc) is 2.33. The predicted molar refractivity (Wildman–Crippen MR) is 83.1 cm³/mol. The van der Waals surface area contributed by atoms with E-state index in [1.54, 1.807) is 0 Å². The van der Waals surface area contributed by atoms with Crippen LogP contribution in [0.5, 0.6) is 0 Å². The molecule has 1 N–H and O–H groups in total. The summed E-state index contributed by atoms with van der Waals surface area (Å²) in [7, 11) is 0. The Morgan fingerprint density at radius 2 is 1.75 bits per heavy atom. The molecule has 0 radical (unpaired) electrons. The van der Waals surface area contributed by atoms with Gasteiger partial charge in [0.1, 0.15) is 0 Å². The van der Waals surface area contributed by atoms with Crippen molar-refractivity contribution in [2.24, 2.45) is 0 Å². The molecule has 0 aliphatic heterocycles. The molecule has 0 aliphatic rings. The molecule has 0 heterocycles. The number of rotatable bonds is 7. The molecule has 0 aromatic heterocycles. The van der Waals surface area contributed by atoms with E-state index in [2.05, 4.69) is 51.7 Å². The summed E-state index contributed by atoms with van der Waals surface area (Å²) in [4.78, 5) is 13.0. The zero-order valence-corrected chi connectivity index (χ0v) is 13.4. The van der Waals surface area contributed by atoms with Crippen molar-refractivity contribution < 1.29 is 9.90 Å². The number of aryl methyl sites for hydroxylation is 3. The highest BCUT2D eigenvalue weighted by atomic mass is 16.4. The number of carbonyl (C=O) groups is 1. The first-order valence-electron chi connectivity index (χ1n) is 7.33. The molecular weight excluding hydrogens is 250 g/mol. The fourth-order valence-electron chi connectivity index (χ4n) is 2.36. The molecule has 0 amide bonds. The molecule has 1 aromatic carbocycles. The lowest BCUT2D eigenvalue weighted by molar-refractivity contribution is -0.137. The summed E-state index contributed by atoms with van der Waals surface area (Å²) in [6, 6.07) is 4.92. The topological polar surface area (TPSA) is 40.5 Å². The molecular formula is C17H27NO2. The molecule has 0 saturated heterocycles. The van der Waals surface area contributed by atoms with Gasteiger partial charge in [0.25, 0.3) is 0 Å². The summed E-state index contributed by atoms with van der Waals surface area (Å²) in [5, 5.41) is 8.75. The van der Waals surface area contributed by atoms with Gasteiger partial charge in [0.05, 0.1) is 0 Å². The number of carboxylic acids is 1. The van der Waals surface area contributed by atoms with Gasteiger partial charge < -0.3 is 5.11 Å². The van der Waals surface area contributed by atoms with E-state index < -0.39 is 5.97 Å². The Morgan fingerprint density at radius 3 is 2.30 bits per heavy atom. The van der Waals surface area contributed by atoms with Crippen molar-refractivity contribution in [3.05, 3.63) is 34.4 Å². The summed E-state index contributed by atoms with van der Waals surface area (Å²) in [5.41, 5.74) is 5.31. The Hall–Kier alpha value is -1.35. The molecule has 0 unspecified atom stereocenters. The molecule has 0 saturated carbocycles. The Kier molecular flexibility index (Phi) is 6.21. The van der Waals surface area contributed by atoms with Crippen molar-refractivity contribution in [2.75, 3.05) is 6.54 Å². The van der Waals surface area contributed by atoms with Gasteiger partial charge in [-0.2, -0.15) is 0 Å². The second-order valence-electron chi connectivity index (χ2n) is 5.92. The summed E-state index contributed by atoms with van der Waals surface area (Å²) < 4.78 is 0. The van der Waals surface area contributed by atoms with E-state index in [0.717, 1.165) is 13.1 Å². The van der Waals surface area contributed by atoms with Crippen LogP contribution in [-0.2, 0) is 11.3 Å². The average molecular weight is 277 g/mol. The Balaban J connectivity index is 2.75. The zero-order chi connectivity index (χ0) is 15.3. The van der Waals surface area contributed by atoms with Crippen LogP contribution in [0.2, 0.25) is 0 Å². The maximum Gasteiger partial charge on any atom is 0.303 e. The van der Waals surface area contributed by atoms with Gasteiger partial charge in [-0.1, -0.05) is 12.1 Å². The first-order valence-corrected chi connectivity index (χ1v) is 7.33. The Morgan fingerprint density at radius 1 is 1.15 bits per heavy atom. The predicted octanol–water partition coefficient (Wildman–Crippen LogP) is 3.69. The van der Waals surface area contributed by atoms with Gasteiger partial charge in [-0.15, -0.1) is 0 Å². The molecule has 3 heteroatoms. The van der Waals surface area contributed by atoms with E-state index in [1.807, 2.05) is 0 Å². The minimum atomic E-state index is -0.712. The number of benzene rings is 1. The molecule has 3 nitrogen and oxygen atoms in total. The van der Waals surface area contributed by atoms with Crippen LogP contribution >= 0.6 is 0 Å². The van der Waals surface area contributed by atoms with Crippen LogP contribution in [0.1, 0.15) is 48.9 Å². The van der Waals surface area contributed by atoms with Gasteiger partial charge >= 0.3 is 5.97 Å². The highest BCUT2D eigenvalue weighted by molar-refractivity contribution is 5.66. The van der Waals surface area contributed by atoms with Gasteiger partial charge in [0.15, 0.2) is 0 Å². The van der Waals surface area contributed by atoms with Crippen molar-refractivity contribution >= 4 is 5.97 Å². The molecule has 20 heavy (non-hydrogen) atoms. The fourth-order valence-corrected chi connectivity index (χ4v) is 2.36. The minimum absolute atomic E-state index is 0.245. The smallest absolute Gasteiger partial charge is 0.303 e. The summed E-state index contributed by atoms with van der Waals surface area (Å²) >= 11 is 0. The van der Waals surface area contributed by atoms with E-state index in [9.17, 15) is 4.79 Å². The van der Waals surface area contributed by atoms with Crippen LogP contribution in [0, 0.1) is 20.8 Å². The Bertz CT molecular complexity index is 466. The number of hydrogen-bond acceptors (Lipinski definition) is 2. The van der Waals surface area contributed by atoms with Crippen molar-refractivity contribution in [3.63, 3.8) is 0 Å². The molecule has 112 valence electrons. The van der Waals surface area contributed by atoms with Crippen molar-refractivity contribution in [1.82, 2.24) is 4.90 Å². The summed E-state index contributed by atoms with van der Waals surface area (Å²) in [6.45, 7) is 12.5. The fraction of sp³-hybridized carbons (Fsp3) is 0.588. The molecule has 1 aromatic rings. The lowest BCUT2D eigenvalue weighted by Crippen LogP contribution is -2.32. The largest absolute Gasteiger partial charge is 0.481 e. The second kappa shape index (κ2) is 7.44. The van der Waals surface area contributed by atoms with Crippen molar-refractivity contribution in [1.29, 1.82) is 0 Å². The molecule has 0 atom stereocenters. The van der Waals surface area contributed by atoms with Gasteiger partial charge in [-0.3, -0.25) is 9.69 Å². The molecule has 1 rings (SSSR count). The SMILES string of the molecule is Cc1cc(C)c(CN(CCCC(=O)O)C(C)C)cc1C. The normalized spacial score (nSPS) is 11.3. The highest BCUT2D eigenvalue weighted by Crippen LogP contribution is 2.18. The second-order valence-corrected chi connectivity index (χ2v) is 5.92. The van der Waals surface area contributed by atoms with Gasteiger partial charge in [0.2, 0.25) is 0 Å². The molecule has 0 bridgehead atoms. The maximum absolute atomic E-state index is 10.6. The first-order chi connectivity index (χ1) is 9.31. The summed E-state index contributed by atoms with van der Waals surface area (Å²) in [6.07, 6.45) is 0.951. The van der Waals surface area contributed by atoms with E-state index >= 15 is 0 Å². The standard InChI is InChI=1S/C17H27NO2/c1-12(2)18(8-6-7-17(19)20)11-16-10-14(4)13(3)9-15(16)5/h9-10,12H,6-8,11H2,1-5H3,(H,19,20). The van der Waals surface area contributed by atoms with E-state index in [-0.39, 0.29) is 6.42 Å². The van der Waals surface area contributed by atoms with Crippen LogP contribution in [0.15, 0.2) is 12.1 Å². The number of carboxylic acid groups (broad SMARTS) is 1. The van der Waals surface area contributed by atoms with Gasteiger partial charge in [0, 0.05) is 19.0 Å². The van der Waals surface area contributed by atoms with Crippen LogP contribution < -0.4 is 0 Å². The molecule has 0 aliphatic carbocycles. The van der Waals surface area contributed by atoms with E-state index in [4.69, 9.17) is 5.11 Å². The number of hydrogen-bond donors (Lipinski definition) is 1. The molecule has 0 fully saturated rings. The lowest BCUT2D eigenvalue weighted by Gasteiger charge is -2.27. The zero-order valence-electron chi connectivity index (χ0n) is 13.4. The quantitative estimate of drug-likeness (QED) is 0.826. The Labute approximate surface area is 122 Å².